The van der Waals surface area contributed by atoms with Gasteiger partial charge in [-0.05, 0) is 25.0 Å². The molecule has 0 unspecified atom stereocenters. The summed E-state index contributed by atoms with van der Waals surface area (Å²) in [5.41, 5.74) is 1.26. The summed E-state index contributed by atoms with van der Waals surface area (Å²) in [7, 11) is 0. The number of nitrogens with one attached hydrogen (secondary N) is 1. The monoisotopic (exact) mass is 243 g/mol. The number of rotatable bonds is 2. The molecule has 0 heterocycles. The minimum atomic E-state index is -0.196. The van der Waals surface area contributed by atoms with Gasteiger partial charge in [-0.2, -0.15) is 0 Å². The van der Waals surface area contributed by atoms with Gasteiger partial charge in [-0.15, -0.1) is 0 Å². The van der Waals surface area contributed by atoms with Crippen molar-refractivity contribution in [3.63, 3.8) is 0 Å². The Morgan fingerprint density at radius 1 is 1.33 bits per heavy atom. The van der Waals surface area contributed by atoms with Gasteiger partial charge in [0.2, 0.25) is 0 Å². The molecule has 0 spiro atoms. The van der Waals surface area contributed by atoms with E-state index in [0.717, 1.165) is 12.8 Å². The molecular formula is C15H17NO2. The summed E-state index contributed by atoms with van der Waals surface area (Å²) in [4.78, 5) is 12.1. The van der Waals surface area contributed by atoms with Crippen LogP contribution >= 0.6 is 0 Å². The van der Waals surface area contributed by atoms with Crippen LogP contribution in [-0.2, 0) is 0 Å². The van der Waals surface area contributed by atoms with E-state index in [-0.39, 0.29) is 12.5 Å². The second-order valence-corrected chi connectivity index (χ2v) is 4.46. The van der Waals surface area contributed by atoms with Gasteiger partial charge >= 0.3 is 0 Å². The fraction of sp³-hybridized carbons (Fsp3) is 0.400. The van der Waals surface area contributed by atoms with E-state index in [2.05, 4.69) is 17.2 Å². The summed E-state index contributed by atoms with van der Waals surface area (Å²) in [6.07, 6.45) is 4.51. The molecular weight excluding hydrogens is 226 g/mol. The zero-order valence-corrected chi connectivity index (χ0v) is 10.3. The highest BCUT2D eigenvalue weighted by atomic mass is 16.2. The minimum Gasteiger partial charge on any atom is -0.384 e. The Kier molecular flexibility index (Phi) is 4.38. The SMILES string of the molecule is O=C(NC1CCCC1)c1ccccc1C#CCO. The first-order chi connectivity index (χ1) is 8.81. The van der Waals surface area contributed by atoms with Crippen molar-refractivity contribution in [3.05, 3.63) is 35.4 Å². The molecule has 0 aliphatic heterocycles. The number of hydrogen-bond acceptors (Lipinski definition) is 2. The third-order valence-corrected chi connectivity index (χ3v) is 3.16. The van der Waals surface area contributed by atoms with E-state index in [1.54, 1.807) is 12.1 Å². The molecule has 0 saturated heterocycles. The second kappa shape index (κ2) is 6.23. The number of carbonyl (C=O) groups excluding carboxylic acids is 1. The molecule has 1 amide bonds. The number of benzene rings is 1. The largest absolute Gasteiger partial charge is 0.384 e. The topological polar surface area (TPSA) is 49.3 Å². The summed E-state index contributed by atoms with van der Waals surface area (Å²) in [5.74, 6) is 5.32. The van der Waals surface area contributed by atoms with Crippen molar-refractivity contribution in [2.75, 3.05) is 6.61 Å². The second-order valence-electron chi connectivity index (χ2n) is 4.46. The van der Waals surface area contributed by atoms with E-state index < -0.39 is 0 Å². The van der Waals surface area contributed by atoms with E-state index in [1.807, 2.05) is 12.1 Å². The highest BCUT2D eigenvalue weighted by molar-refractivity contribution is 5.96. The summed E-state index contributed by atoms with van der Waals surface area (Å²) in [6, 6.07) is 7.54. The summed E-state index contributed by atoms with van der Waals surface area (Å²) in [5, 5.41) is 11.8. The predicted octanol–water partition coefficient (Wildman–Crippen LogP) is 1.70. The Morgan fingerprint density at radius 2 is 2.06 bits per heavy atom. The number of aliphatic hydroxyl groups excluding tert-OH is 1. The highest BCUT2D eigenvalue weighted by Gasteiger charge is 2.18. The van der Waals surface area contributed by atoms with Crippen LogP contribution in [0.4, 0.5) is 0 Å². The van der Waals surface area contributed by atoms with Crippen molar-refractivity contribution in [2.24, 2.45) is 0 Å². The standard InChI is InChI=1S/C15H17NO2/c17-11-5-7-12-6-1-4-10-14(12)15(18)16-13-8-2-3-9-13/h1,4,6,10,13,17H,2-3,8-9,11H2,(H,16,18). The fourth-order valence-electron chi connectivity index (χ4n) is 2.26. The molecule has 94 valence electrons. The first-order valence-electron chi connectivity index (χ1n) is 6.31. The van der Waals surface area contributed by atoms with Gasteiger partial charge in [0, 0.05) is 11.6 Å². The third-order valence-electron chi connectivity index (χ3n) is 3.16. The lowest BCUT2D eigenvalue weighted by atomic mass is 10.1. The maximum Gasteiger partial charge on any atom is 0.252 e. The molecule has 3 nitrogen and oxygen atoms in total. The number of carbonyl (C=O) groups is 1. The average Bonchev–Trinajstić information content (AvgIpc) is 2.89. The lowest BCUT2D eigenvalue weighted by molar-refractivity contribution is 0.0937. The van der Waals surface area contributed by atoms with Gasteiger partial charge in [0.25, 0.3) is 5.91 Å². The average molecular weight is 243 g/mol. The molecule has 0 atom stereocenters. The molecule has 1 fully saturated rings. The van der Waals surface area contributed by atoms with Crippen molar-refractivity contribution in [3.8, 4) is 11.8 Å². The van der Waals surface area contributed by atoms with Gasteiger partial charge in [0.15, 0.2) is 0 Å². The van der Waals surface area contributed by atoms with Crippen molar-refractivity contribution in [2.45, 2.75) is 31.7 Å². The zero-order chi connectivity index (χ0) is 12.8. The molecule has 3 heteroatoms. The van der Waals surface area contributed by atoms with Crippen LogP contribution in [-0.4, -0.2) is 23.7 Å². The van der Waals surface area contributed by atoms with Gasteiger partial charge in [-0.1, -0.05) is 36.8 Å². The Balaban J connectivity index is 2.13. The van der Waals surface area contributed by atoms with Crippen molar-refractivity contribution in [1.82, 2.24) is 5.32 Å². The molecule has 1 aromatic rings. The Bertz CT molecular complexity index is 479. The van der Waals surface area contributed by atoms with Gasteiger partial charge < -0.3 is 10.4 Å². The Labute approximate surface area is 107 Å². The van der Waals surface area contributed by atoms with Crippen LogP contribution in [0.3, 0.4) is 0 Å². The molecule has 1 aliphatic rings. The summed E-state index contributed by atoms with van der Waals surface area (Å²) >= 11 is 0. The van der Waals surface area contributed by atoms with Crippen LogP contribution in [0.25, 0.3) is 0 Å². The normalized spacial score (nSPS) is 14.9. The van der Waals surface area contributed by atoms with Gasteiger partial charge in [0.1, 0.15) is 6.61 Å². The molecule has 0 radical (unpaired) electrons. The van der Waals surface area contributed by atoms with Crippen LogP contribution < -0.4 is 5.32 Å². The van der Waals surface area contributed by atoms with Gasteiger partial charge in [0.05, 0.1) is 5.56 Å². The predicted molar refractivity (Wildman–Crippen MR) is 70.1 cm³/mol. The number of aliphatic hydroxyl groups is 1. The Hall–Kier alpha value is -1.79. The van der Waals surface area contributed by atoms with Crippen molar-refractivity contribution >= 4 is 5.91 Å². The molecule has 18 heavy (non-hydrogen) atoms. The maximum atomic E-state index is 12.1. The first kappa shape index (κ1) is 12.7. The summed E-state index contributed by atoms with van der Waals surface area (Å²) in [6.45, 7) is -0.196. The van der Waals surface area contributed by atoms with E-state index >= 15 is 0 Å². The van der Waals surface area contributed by atoms with E-state index in [9.17, 15) is 4.79 Å². The van der Waals surface area contributed by atoms with Crippen LogP contribution in [0, 0.1) is 11.8 Å². The molecule has 1 saturated carbocycles. The molecule has 0 aromatic heterocycles. The quantitative estimate of drug-likeness (QED) is 0.777. The minimum absolute atomic E-state index is 0.0651. The first-order valence-corrected chi connectivity index (χ1v) is 6.31. The number of amides is 1. The lowest BCUT2D eigenvalue weighted by Crippen LogP contribution is -2.33. The smallest absolute Gasteiger partial charge is 0.252 e. The van der Waals surface area contributed by atoms with Gasteiger partial charge in [-0.25, -0.2) is 0 Å². The summed E-state index contributed by atoms with van der Waals surface area (Å²) < 4.78 is 0. The van der Waals surface area contributed by atoms with Crippen LogP contribution in [0.1, 0.15) is 41.6 Å². The van der Waals surface area contributed by atoms with E-state index in [4.69, 9.17) is 5.11 Å². The van der Waals surface area contributed by atoms with Crippen LogP contribution in [0.15, 0.2) is 24.3 Å². The van der Waals surface area contributed by atoms with E-state index in [0.29, 0.717) is 17.2 Å². The highest BCUT2D eigenvalue weighted by Crippen LogP contribution is 2.18. The van der Waals surface area contributed by atoms with E-state index in [1.165, 1.54) is 12.8 Å². The van der Waals surface area contributed by atoms with Crippen molar-refractivity contribution in [1.29, 1.82) is 0 Å². The number of hydrogen-bond donors (Lipinski definition) is 2. The molecule has 2 N–H and O–H groups in total. The third kappa shape index (κ3) is 3.12. The molecule has 1 aromatic carbocycles. The zero-order valence-electron chi connectivity index (χ0n) is 10.3. The van der Waals surface area contributed by atoms with Crippen molar-refractivity contribution < 1.29 is 9.90 Å². The van der Waals surface area contributed by atoms with Crippen LogP contribution in [0.2, 0.25) is 0 Å². The van der Waals surface area contributed by atoms with Gasteiger partial charge in [-0.3, -0.25) is 4.79 Å². The Morgan fingerprint density at radius 3 is 2.78 bits per heavy atom. The maximum absolute atomic E-state index is 12.1. The van der Waals surface area contributed by atoms with Crippen LogP contribution in [0.5, 0.6) is 0 Å². The molecule has 0 bridgehead atoms. The lowest BCUT2D eigenvalue weighted by Gasteiger charge is -2.12. The fourth-order valence-corrected chi connectivity index (χ4v) is 2.26. The molecule has 1 aliphatic carbocycles. The molecule has 2 rings (SSSR count).